The van der Waals surface area contributed by atoms with Gasteiger partial charge < -0.3 is 4.90 Å². The van der Waals surface area contributed by atoms with Gasteiger partial charge in [0.1, 0.15) is 0 Å². The second-order valence-electron chi connectivity index (χ2n) is 7.15. The molecular formula is C16H23N7O3S. The molecule has 1 unspecified atom stereocenters. The zero-order valence-electron chi connectivity index (χ0n) is 15.3. The molecule has 10 nitrogen and oxygen atoms in total. The Morgan fingerprint density at radius 3 is 2.81 bits per heavy atom. The highest BCUT2D eigenvalue weighted by atomic mass is 32.2. The summed E-state index contributed by atoms with van der Waals surface area (Å²) in [6.07, 6.45) is 3.07. The molecule has 1 atom stereocenters. The lowest BCUT2D eigenvalue weighted by atomic mass is 10.0. The maximum atomic E-state index is 13.0. The van der Waals surface area contributed by atoms with Crippen LogP contribution in [0.1, 0.15) is 39.8 Å². The van der Waals surface area contributed by atoms with Crippen LogP contribution in [0.3, 0.4) is 0 Å². The first-order valence-corrected chi connectivity index (χ1v) is 10.3. The molecule has 0 bridgehead atoms. The van der Waals surface area contributed by atoms with Crippen molar-refractivity contribution in [3.8, 4) is 0 Å². The average Bonchev–Trinajstić information content (AvgIpc) is 3.39. The first-order chi connectivity index (χ1) is 12.9. The Bertz CT molecular complexity index is 935. The lowest BCUT2D eigenvalue weighted by Crippen LogP contribution is -2.43. The molecule has 2 N–H and O–H groups in total. The van der Waals surface area contributed by atoms with Gasteiger partial charge in [-0.05, 0) is 18.9 Å². The molecule has 1 amide bonds. The molecule has 0 radical (unpaired) electrons. The van der Waals surface area contributed by atoms with Crippen molar-refractivity contribution in [3.05, 3.63) is 34.9 Å². The van der Waals surface area contributed by atoms with Crippen LogP contribution in [-0.4, -0.2) is 82.0 Å². The van der Waals surface area contributed by atoms with Gasteiger partial charge in [0.15, 0.2) is 5.69 Å². The van der Waals surface area contributed by atoms with Crippen LogP contribution in [0.2, 0.25) is 0 Å². The average molecular weight is 393 g/mol. The van der Waals surface area contributed by atoms with Gasteiger partial charge in [-0.2, -0.15) is 27.2 Å². The summed E-state index contributed by atoms with van der Waals surface area (Å²) in [7, 11) is -0.467. The Morgan fingerprint density at radius 2 is 2.11 bits per heavy atom. The Labute approximate surface area is 157 Å². The maximum Gasteiger partial charge on any atom is 0.281 e. The SMILES string of the molecule is CN(C)S(=O)(=O)N1CCc2c(C(=O)N3CCC(c4ccn[nH]4)C3)n[nH]c2C1. The summed E-state index contributed by atoms with van der Waals surface area (Å²) in [5.41, 5.74) is 2.98. The number of hydrogen-bond acceptors (Lipinski definition) is 5. The fourth-order valence-electron chi connectivity index (χ4n) is 3.74. The minimum absolute atomic E-state index is 0.0987. The van der Waals surface area contributed by atoms with Crippen LogP contribution in [0.4, 0.5) is 0 Å². The third kappa shape index (κ3) is 3.15. The smallest absolute Gasteiger partial charge is 0.281 e. The zero-order chi connectivity index (χ0) is 19.2. The van der Waals surface area contributed by atoms with Crippen molar-refractivity contribution in [1.29, 1.82) is 0 Å². The summed E-state index contributed by atoms with van der Waals surface area (Å²) in [5, 5.41) is 14.0. The first-order valence-electron chi connectivity index (χ1n) is 8.90. The zero-order valence-corrected chi connectivity index (χ0v) is 16.2. The lowest BCUT2D eigenvalue weighted by molar-refractivity contribution is 0.0783. The fourth-order valence-corrected chi connectivity index (χ4v) is 4.82. The third-order valence-corrected chi connectivity index (χ3v) is 7.21. The number of aromatic nitrogens is 4. The number of aromatic amines is 2. The van der Waals surface area contributed by atoms with E-state index in [4.69, 9.17) is 0 Å². The Hall–Kier alpha value is -2.24. The van der Waals surface area contributed by atoms with Crippen LogP contribution in [-0.2, 0) is 23.2 Å². The molecule has 2 aromatic rings. The molecule has 0 aromatic carbocycles. The fraction of sp³-hybridized carbons (Fsp3) is 0.562. The Kier molecular flexibility index (Phi) is 4.52. The van der Waals surface area contributed by atoms with E-state index in [-0.39, 0.29) is 18.4 Å². The van der Waals surface area contributed by atoms with Crippen molar-refractivity contribution in [2.75, 3.05) is 33.7 Å². The molecule has 2 aromatic heterocycles. The van der Waals surface area contributed by atoms with E-state index in [2.05, 4.69) is 20.4 Å². The van der Waals surface area contributed by atoms with Crippen LogP contribution >= 0.6 is 0 Å². The summed E-state index contributed by atoms with van der Waals surface area (Å²) in [6, 6.07) is 1.94. The number of nitrogens with one attached hydrogen (secondary N) is 2. The molecule has 11 heteroatoms. The molecule has 4 heterocycles. The molecule has 27 heavy (non-hydrogen) atoms. The Balaban J connectivity index is 1.49. The van der Waals surface area contributed by atoms with Crippen LogP contribution < -0.4 is 0 Å². The standard InChI is InChI=1S/C16H23N7O3S/c1-21(2)27(25,26)23-8-5-12-14(10-23)19-20-15(12)16(24)22-7-4-11(9-22)13-3-6-17-18-13/h3,6,11H,4-5,7-10H2,1-2H3,(H,17,18)(H,19,20). The molecule has 0 spiro atoms. The number of carbonyl (C=O) groups is 1. The van der Waals surface area contributed by atoms with E-state index in [1.54, 1.807) is 6.20 Å². The van der Waals surface area contributed by atoms with Gasteiger partial charge in [-0.3, -0.25) is 15.0 Å². The van der Waals surface area contributed by atoms with Gasteiger partial charge in [-0.1, -0.05) is 0 Å². The highest BCUT2D eigenvalue weighted by Crippen LogP contribution is 2.29. The van der Waals surface area contributed by atoms with E-state index in [0.29, 0.717) is 37.4 Å². The number of carbonyl (C=O) groups excluding carboxylic acids is 1. The number of H-pyrrole nitrogens is 2. The van der Waals surface area contributed by atoms with Gasteiger partial charge >= 0.3 is 0 Å². The number of likely N-dealkylation sites (tertiary alicyclic amines) is 1. The van der Waals surface area contributed by atoms with Gasteiger partial charge in [0.25, 0.3) is 16.1 Å². The molecule has 0 aliphatic carbocycles. The molecular weight excluding hydrogens is 370 g/mol. The summed E-state index contributed by atoms with van der Waals surface area (Å²) < 4.78 is 27.2. The molecule has 0 saturated carbocycles. The van der Waals surface area contributed by atoms with E-state index in [1.807, 2.05) is 11.0 Å². The van der Waals surface area contributed by atoms with Gasteiger partial charge in [0.2, 0.25) is 0 Å². The predicted octanol–water partition coefficient (Wildman–Crippen LogP) is -0.0730. The number of nitrogens with zero attached hydrogens (tertiary/aromatic N) is 5. The largest absolute Gasteiger partial charge is 0.337 e. The monoisotopic (exact) mass is 393 g/mol. The minimum Gasteiger partial charge on any atom is -0.337 e. The summed E-state index contributed by atoms with van der Waals surface area (Å²) >= 11 is 0. The molecule has 146 valence electrons. The predicted molar refractivity (Wildman–Crippen MR) is 97.2 cm³/mol. The van der Waals surface area contributed by atoms with E-state index in [1.165, 1.54) is 22.7 Å². The van der Waals surface area contributed by atoms with E-state index < -0.39 is 10.2 Å². The van der Waals surface area contributed by atoms with Crippen molar-refractivity contribution in [2.24, 2.45) is 0 Å². The van der Waals surface area contributed by atoms with Gasteiger partial charge in [-0.25, -0.2) is 0 Å². The summed E-state index contributed by atoms with van der Waals surface area (Å²) in [6.45, 7) is 1.84. The number of hydrogen-bond donors (Lipinski definition) is 2. The lowest BCUT2D eigenvalue weighted by Gasteiger charge is -2.28. The van der Waals surface area contributed by atoms with Crippen molar-refractivity contribution >= 4 is 16.1 Å². The molecule has 1 saturated heterocycles. The molecule has 1 fully saturated rings. The maximum absolute atomic E-state index is 13.0. The quantitative estimate of drug-likeness (QED) is 0.754. The summed E-state index contributed by atoms with van der Waals surface area (Å²) in [4.78, 5) is 14.8. The second kappa shape index (κ2) is 6.73. The van der Waals surface area contributed by atoms with Crippen molar-refractivity contribution in [3.63, 3.8) is 0 Å². The third-order valence-electron chi connectivity index (χ3n) is 5.33. The number of rotatable bonds is 4. The van der Waals surface area contributed by atoms with Crippen LogP contribution in [0.15, 0.2) is 12.3 Å². The van der Waals surface area contributed by atoms with E-state index in [0.717, 1.165) is 17.7 Å². The van der Waals surface area contributed by atoms with Crippen molar-refractivity contribution in [2.45, 2.75) is 25.3 Å². The van der Waals surface area contributed by atoms with E-state index >= 15 is 0 Å². The molecule has 4 rings (SSSR count). The second-order valence-corrected chi connectivity index (χ2v) is 9.29. The minimum atomic E-state index is -3.49. The van der Waals surface area contributed by atoms with Gasteiger partial charge in [-0.15, -0.1) is 0 Å². The highest BCUT2D eigenvalue weighted by molar-refractivity contribution is 7.86. The summed E-state index contributed by atoms with van der Waals surface area (Å²) in [5.74, 6) is 0.158. The number of amides is 1. The van der Waals surface area contributed by atoms with Crippen LogP contribution in [0.25, 0.3) is 0 Å². The van der Waals surface area contributed by atoms with Crippen LogP contribution in [0, 0.1) is 0 Å². The van der Waals surface area contributed by atoms with E-state index in [9.17, 15) is 13.2 Å². The topological polar surface area (TPSA) is 118 Å². The van der Waals surface area contributed by atoms with Crippen molar-refractivity contribution in [1.82, 2.24) is 33.9 Å². The van der Waals surface area contributed by atoms with Gasteiger partial charge in [0.05, 0.1) is 12.2 Å². The van der Waals surface area contributed by atoms with Crippen molar-refractivity contribution < 1.29 is 13.2 Å². The number of fused-ring (bicyclic) bond motifs is 1. The first kappa shape index (κ1) is 18.1. The van der Waals surface area contributed by atoms with Crippen LogP contribution in [0.5, 0.6) is 0 Å². The molecule has 2 aliphatic rings. The van der Waals surface area contributed by atoms with Gasteiger partial charge in [0, 0.05) is 57.1 Å². The highest BCUT2D eigenvalue weighted by Gasteiger charge is 2.35. The normalized spacial score (nSPS) is 21.0. The Morgan fingerprint density at radius 1 is 1.30 bits per heavy atom. The molecule has 2 aliphatic heterocycles.